The Morgan fingerprint density at radius 3 is 1.98 bits per heavy atom. The second-order valence-electron chi connectivity index (χ2n) is 18.3. The van der Waals surface area contributed by atoms with Crippen molar-refractivity contribution >= 4 is 36.7 Å². The highest BCUT2D eigenvalue weighted by Gasteiger charge is 2.68. The lowest BCUT2D eigenvalue weighted by Gasteiger charge is -2.64. The molecule has 0 radical (unpaired) electrons. The number of carbonyl (C=O) groups is 5. The number of rotatable bonds is 29. The molecule has 4 rings (SSSR count). The summed E-state index contributed by atoms with van der Waals surface area (Å²) in [6.45, 7) is 17.3. The first-order valence-corrected chi connectivity index (χ1v) is 22.9. The molecule has 59 heavy (non-hydrogen) atoms. The Morgan fingerprint density at radius 1 is 0.729 bits per heavy atom. The Balaban J connectivity index is 1.54. The van der Waals surface area contributed by atoms with E-state index in [0.717, 1.165) is 45.1 Å². The highest BCUT2D eigenvalue weighted by Crippen LogP contribution is 2.65. The fourth-order valence-corrected chi connectivity index (χ4v) is 9.08. The largest absolute Gasteiger partial charge is 0.481 e. The number of carbonyl (C=O) groups excluding carboxylic acids is 5. The topological polar surface area (TPSA) is 222 Å². The molecule has 1 aliphatic heterocycles. The summed E-state index contributed by atoms with van der Waals surface area (Å²) < 4.78 is 12.9. The number of hydrogen-bond donors (Lipinski definition) is 8. The zero-order valence-electron chi connectivity index (χ0n) is 37.6. The molecule has 3 saturated carbocycles. The van der Waals surface area contributed by atoms with Crippen molar-refractivity contribution in [3.8, 4) is 0 Å². The molecule has 338 valence electrons. The minimum atomic E-state index is -1.40. The number of amides is 5. The lowest BCUT2D eigenvalue weighted by Crippen LogP contribution is -2.65. The molecule has 0 aromatic heterocycles. The maximum absolute atomic E-state index is 13.7. The Labute approximate surface area is 354 Å². The van der Waals surface area contributed by atoms with Gasteiger partial charge in [-0.25, -0.2) is 0 Å². The predicted molar refractivity (Wildman–Crippen MR) is 231 cm³/mol. The van der Waals surface area contributed by atoms with Crippen LogP contribution in [0.5, 0.6) is 0 Å². The van der Waals surface area contributed by atoms with Crippen molar-refractivity contribution in [2.24, 2.45) is 23.0 Å². The van der Waals surface area contributed by atoms with Crippen LogP contribution in [0.25, 0.3) is 0 Å². The van der Waals surface area contributed by atoms with E-state index in [9.17, 15) is 29.1 Å². The van der Waals surface area contributed by atoms with E-state index in [-0.39, 0.29) is 23.8 Å². The maximum Gasteiger partial charge on any atom is 0.481 e. The number of nitrogens with two attached hydrogens (primary N) is 1. The summed E-state index contributed by atoms with van der Waals surface area (Å²) >= 11 is 0. The van der Waals surface area contributed by atoms with Crippen LogP contribution in [0.15, 0.2) is 0 Å². The highest BCUT2D eigenvalue weighted by atomic mass is 16.7. The molecule has 4 fully saturated rings. The van der Waals surface area contributed by atoms with Crippen LogP contribution < -0.4 is 37.6 Å². The van der Waals surface area contributed by atoms with Crippen molar-refractivity contribution in [2.45, 2.75) is 206 Å². The minimum Gasteiger partial charge on any atom is -0.404 e. The highest BCUT2D eigenvalue weighted by molar-refractivity contribution is 6.47. The lowest BCUT2D eigenvalue weighted by molar-refractivity contribution is -0.199. The van der Waals surface area contributed by atoms with Gasteiger partial charge in [0.2, 0.25) is 29.5 Å². The van der Waals surface area contributed by atoms with Crippen molar-refractivity contribution in [1.29, 1.82) is 0 Å². The first kappa shape index (κ1) is 50.6. The molecular weight excluding hydrogens is 753 g/mol. The van der Waals surface area contributed by atoms with Crippen LogP contribution in [0.4, 0.5) is 0 Å². The van der Waals surface area contributed by atoms with Gasteiger partial charge in [0.15, 0.2) is 0 Å². The average molecular weight is 834 g/mol. The molecule has 16 heteroatoms. The summed E-state index contributed by atoms with van der Waals surface area (Å²) in [5, 5.41) is 27.7. The third-order valence-corrected chi connectivity index (χ3v) is 13.1. The van der Waals surface area contributed by atoms with E-state index in [4.69, 9.17) is 15.0 Å². The standard InChI is InChI=1S/C43H80BN7O8/c1-9-11-13-14-15-19-24-46-25-22-36(53)49-32(20-16-12-10-2)40(56)51-37(29(4)52)41(57)47-28(3)38(54)50-33(21-17-18-23-45)39(55)48-30(5)44-58-35-27-31-26-34(42(31,6)7)43(35,8)59-44/h28-35,37,46,52H,9-27,45H2,1-8H3,(H,47,57)(H,48,55)(H,49,53)(H,50,54)(H,51,56)/t28-,29+,30-,31-,32-,33-,34-,35+,37-,43-/m0/s1. The van der Waals surface area contributed by atoms with Crippen molar-refractivity contribution in [3.63, 3.8) is 0 Å². The van der Waals surface area contributed by atoms with Gasteiger partial charge in [-0.05, 0) is 103 Å². The summed E-state index contributed by atoms with van der Waals surface area (Å²) in [5.41, 5.74) is 5.48. The smallest absolute Gasteiger partial charge is 0.404 e. The van der Waals surface area contributed by atoms with Crippen LogP contribution in [0.3, 0.4) is 0 Å². The average Bonchev–Trinajstić information content (AvgIpc) is 3.55. The second kappa shape index (κ2) is 24.6. The van der Waals surface area contributed by atoms with Crippen LogP contribution in [-0.2, 0) is 33.3 Å². The summed E-state index contributed by atoms with van der Waals surface area (Å²) in [6.07, 6.45) is 12.4. The Morgan fingerprint density at radius 2 is 1.34 bits per heavy atom. The molecule has 0 unspecified atom stereocenters. The van der Waals surface area contributed by atoms with Crippen LogP contribution >= 0.6 is 0 Å². The van der Waals surface area contributed by atoms with Gasteiger partial charge >= 0.3 is 7.12 Å². The summed E-state index contributed by atoms with van der Waals surface area (Å²) in [6, 6.07) is -4.35. The van der Waals surface area contributed by atoms with E-state index in [2.05, 4.69) is 59.6 Å². The lowest BCUT2D eigenvalue weighted by atomic mass is 9.43. The molecule has 15 nitrogen and oxygen atoms in total. The molecule has 1 heterocycles. The van der Waals surface area contributed by atoms with E-state index >= 15 is 0 Å². The zero-order chi connectivity index (χ0) is 43.8. The third kappa shape index (κ3) is 14.7. The number of unbranched alkanes of at least 4 members (excludes halogenated alkanes) is 8. The third-order valence-electron chi connectivity index (χ3n) is 13.1. The van der Waals surface area contributed by atoms with Crippen LogP contribution in [0, 0.1) is 17.3 Å². The van der Waals surface area contributed by atoms with E-state index in [1.165, 1.54) is 39.5 Å². The molecule has 9 N–H and O–H groups in total. The maximum atomic E-state index is 13.7. The van der Waals surface area contributed by atoms with Gasteiger partial charge in [0.1, 0.15) is 24.2 Å². The molecule has 0 spiro atoms. The van der Waals surface area contributed by atoms with Crippen molar-refractivity contribution in [3.05, 3.63) is 0 Å². The van der Waals surface area contributed by atoms with Crippen LogP contribution in [-0.4, -0.2) is 109 Å². The summed E-state index contributed by atoms with van der Waals surface area (Å²) in [4.78, 5) is 67.0. The van der Waals surface area contributed by atoms with Crippen molar-refractivity contribution < 1.29 is 38.4 Å². The minimum absolute atomic E-state index is 0.0407. The van der Waals surface area contributed by atoms with Crippen LogP contribution in [0.1, 0.15) is 158 Å². The van der Waals surface area contributed by atoms with Crippen molar-refractivity contribution in [1.82, 2.24) is 31.9 Å². The molecule has 10 atom stereocenters. The molecule has 3 aliphatic carbocycles. The van der Waals surface area contributed by atoms with E-state index < -0.39 is 72.6 Å². The summed E-state index contributed by atoms with van der Waals surface area (Å²) in [7, 11) is -0.633. The molecule has 1 saturated heterocycles. The number of aliphatic hydroxyl groups excluding tert-OH is 1. The second-order valence-corrected chi connectivity index (χ2v) is 18.3. The fraction of sp³-hybridized carbons (Fsp3) is 0.884. The first-order valence-electron chi connectivity index (χ1n) is 22.9. The van der Waals surface area contributed by atoms with Gasteiger partial charge in [0.25, 0.3) is 0 Å². The van der Waals surface area contributed by atoms with Gasteiger partial charge in [-0.1, -0.05) is 79.1 Å². The van der Waals surface area contributed by atoms with Crippen molar-refractivity contribution in [2.75, 3.05) is 19.6 Å². The monoisotopic (exact) mass is 834 g/mol. The first-order chi connectivity index (χ1) is 28.0. The number of hydrogen-bond acceptors (Lipinski definition) is 10. The van der Waals surface area contributed by atoms with Gasteiger partial charge in [0, 0.05) is 13.0 Å². The number of aliphatic hydroxyl groups is 1. The zero-order valence-corrected chi connectivity index (χ0v) is 37.6. The molecule has 5 amide bonds. The normalized spacial score (nSPS) is 24.6. The molecule has 4 aliphatic rings. The Hall–Kier alpha value is -2.79. The van der Waals surface area contributed by atoms with Crippen LogP contribution in [0.2, 0.25) is 0 Å². The van der Waals surface area contributed by atoms with Gasteiger partial charge in [-0.15, -0.1) is 0 Å². The Bertz CT molecular complexity index is 1360. The molecule has 0 aromatic rings. The van der Waals surface area contributed by atoms with E-state index in [1.54, 1.807) is 0 Å². The van der Waals surface area contributed by atoms with Gasteiger partial charge < -0.3 is 52.0 Å². The molecule has 0 aromatic carbocycles. The van der Waals surface area contributed by atoms with E-state index in [1.807, 2.05) is 13.8 Å². The SMILES string of the molecule is CCCCCCCCNCCC(=O)N[C@@H](CCCCC)C(=O)N[C@H](C(=O)N[C@@H](C)C(=O)N[C@@H](CCCCN)C(=O)N[C@@H](C)B1O[C@@H]2C[C@@H]3C[C@@H](C3(C)C)[C@]2(C)O1)[C@@H](C)O. The van der Waals surface area contributed by atoms with E-state index in [0.29, 0.717) is 57.0 Å². The van der Waals surface area contributed by atoms with Gasteiger partial charge in [-0.3, -0.25) is 24.0 Å². The number of nitrogens with one attached hydrogen (secondary N) is 6. The summed E-state index contributed by atoms with van der Waals surface area (Å²) in [5.74, 6) is -2.20. The molecule has 2 bridgehead atoms. The Kier molecular flexibility index (Phi) is 21.1. The predicted octanol–water partition coefficient (Wildman–Crippen LogP) is 3.15. The van der Waals surface area contributed by atoms with Gasteiger partial charge in [-0.2, -0.15) is 0 Å². The molecular formula is C43H80BN7O8. The van der Waals surface area contributed by atoms with Gasteiger partial charge in [0.05, 0.1) is 23.8 Å². The fourth-order valence-electron chi connectivity index (χ4n) is 9.08. The quantitative estimate of drug-likeness (QED) is 0.0407.